The molecular weight excluding hydrogens is 128 g/mol. The molecule has 0 aromatic heterocycles. The summed E-state index contributed by atoms with van der Waals surface area (Å²) in [5, 5.41) is 9.37. The van der Waals surface area contributed by atoms with Crippen molar-refractivity contribution in [1.82, 2.24) is 0 Å². The van der Waals surface area contributed by atoms with Crippen LogP contribution in [-0.2, 0) is 4.74 Å². The molecule has 1 N–H and O–H groups in total. The normalized spacial score (nSPS) is 40.5. The minimum absolute atomic E-state index is 0.213. The summed E-state index contributed by atoms with van der Waals surface area (Å²) in [5.74, 6) is 0.380. The van der Waals surface area contributed by atoms with Gasteiger partial charge in [0.15, 0.2) is 0 Å². The largest absolute Gasteiger partial charge is 0.390 e. The van der Waals surface area contributed by atoms with Crippen LogP contribution in [0.15, 0.2) is 0 Å². The van der Waals surface area contributed by atoms with Crippen molar-refractivity contribution in [3.63, 3.8) is 0 Å². The Hall–Kier alpha value is -0.0800. The molecule has 1 aliphatic heterocycles. The third kappa shape index (κ3) is 1.50. The van der Waals surface area contributed by atoms with Crippen LogP contribution in [0.3, 0.4) is 0 Å². The molecule has 0 aromatic carbocycles. The van der Waals surface area contributed by atoms with E-state index in [1.165, 1.54) is 0 Å². The smallest absolute Gasteiger partial charge is 0.0826 e. The average molecular weight is 144 g/mol. The topological polar surface area (TPSA) is 29.5 Å². The van der Waals surface area contributed by atoms with Crippen LogP contribution >= 0.6 is 0 Å². The van der Waals surface area contributed by atoms with Crippen molar-refractivity contribution >= 4 is 0 Å². The van der Waals surface area contributed by atoms with Gasteiger partial charge in [0.05, 0.1) is 18.8 Å². The number of aliphatic hydroxyl groups excluding tert-OH is 1. The zero-order valence-corrected chi connectivity index (χ0v) is 6.71. The molecule has 60 valence electrons. The van der Waals surface area contributed by atoms with Crippen molar-refractivity contribution in [1.29, 1.82) is 0 Å². The molecule has 10 heavy (non-hydrogen) atoms. The quantitative estimate of drug-likeness (QED) is 0.630. The van der Waals surface area contributed by atoms with E-state index in [-0.39, 0.29) is 12.2 Å². The van der Waals surface area contributed by atoms with Crippen LogP contribution in [0.4, 0.5) is 0 Å². The van der Waals surface area contributed by atoms with Crippen molar-refractivity contribution in [2.24, 2.45) is 5.92 Å². The fourth-order valence-electron chi connectivity index (χ4n) is 1.57. The van der Waals surface area contributed by atoms with Crippen molar-refractivity contribution in [2.45, 2.75) is 38.9 Å². The molecule has 0 amide bonds. The van der Waals surface area contributed by atoms with Crippen LogP contribution in [-0.4, -0.2) is 23.9 Å². The Labute approximate surface area is 62.2 Å². The third-order valence-electron chi connectivity index (χ3n) is 2.25. The first-order valence-electron chi connectivity index (χ1n) is 4.05. The highest BCUT2D eigenvalue weighted by atomic mass is 16.5. The Balaban J connectivity index is 2.38. The summed E-state index contributed by atoms with van der Waals surface area (Å²) in [6, 6.07) is 0. The lowest BCUT2D eigenvalue weighted by atomic mass is 9.95. The van der Waals surface area contributed by atoms with Gasteiger partial charge in [-0.3, -0.25) is 0 Å². The Morgan fingerprint density at radius 2 is 2.30 bits per heavy atom. The number of hydrogen-bond donors (Lipinski definition) is 1. The van der Waals surface area contributed by atoms with Gasteiger partial charge in [-0.05, 0) is 13.3 Å². The monoisotopic (exact) mass is 144 g/mol. The highest BCUT2D eigenvalue weighted by molar-refractivity contribution is 4.79. The van der Waals surface area contributed by atoms with Crippen molar-refractivity contribution in [2.75, 3.05) is 6.61 Å². The molecule has 0 saturated carbocycles. The Kier molecular flexibility index (Phi) is 2.69. The van der Waals surface area contributed by atoms with Gasteiger partial charge in [0, 0.05) is 5.92 Å². The molecule has 0 spiro atoms. The summed E-state index contributed by atoms with van der Waals surface area (Å²) in [4.78, 5) is 0. The van der Waals surface area contributed by atoms with Gasteiger partial charge in [0.2, 0.25) is 0 Å². The maximum atomic E-state index is 9.37. The van der Waals surface area contributed by atoms with Gasteiger partial charge in [-0.1, -0.05) is 13.3 Å². The number of rotatable bonds is 2. The molecule has 1 saturated heterocycles. The van der Waals surface area contributed by atoms with E-state index in [0.717, 1.165) is 12.8 Å². The lowest BCUT2D eigenvalue weighted by Gasteiger charge is -2.14. The van der Waals surface area contributed by atoms with Gasteiger partial charge in [-0.2, -0.15) is 0 Å². The van der Waals surface area contributed by atoms with Gasteiger partial charge in [0.25, 0.3) is 0 Å². The molecule has 2 nitrogen and oxygen atoms in total. The fraction of sp³-hybridized carbons (Fsp3) is 1.00. The van der Waals surface area contributed by atoms with E-state index in [1.807, 2.05) is 6.92 Å². The maximum absolute atomic E-state index is 9.37. The molecule has 1 heterocycles. The number of ether oxygens (including phenoxy) is 1. The first kappa shape index (κ1) is 8.02. The Morgan fingerprint density at radius 3 is 2.70 bits per heavy atom. The highest BCUT2D eigenvalue weighted by Gasteiger charge is 2.31. The molecular formula is C8H16O2. The average Bonchev–Trinajstić information content (AvgIpc) is 2.20. The van der Waals surface area contributed by atoms with E-state index in [2.05, 4.69) is 6.92 Å². The molecule has 1 fully saturated rings. The van der Waals surface area contributed by atoms with Crippen LogP contribution in [0.5, 0.6) is 0 Å². The summed E-state index contributed by atoms with van der Waals surface area (Å²) in [5.41, 5.74) is 0. The third-order valence-corrected chi connectivity index (χ3v) is 2.25. The molecule has 0 aliphatic carbocycles. The van der Waals surface area contributed by atoms with Gasteiger partial charge >= 0.3 is 0 Å². The molecule has 0 radical (unpaired) electrons. The van der Waals surface area contributed by atoms with E-state index < -0.39 is 0 Å². The van der Waals surface area contributed by atoms with E-state index in [4.69, 9.17) is 4.74 Å². The Bertz CT molecular complexity index is 93.4. The molecule has 0 unspecified atom stereocenters. The summed E-state index contributed by atoms with van der Waals surface area (Å²) in [6.07, 6.45) is 2.27. The summed E-state index contributed by atoms with van der Waals surface area (Å²) in [7, 11) is 0. The minimum Gasteiger partial charge on any atom is -0.390 e. The van der Waals surface area contributed by atoms with Crippen LogP contribution in [0.25, 0.3) is 0 Å². The van der Waals surface area contributed by atoms with Crippen LogP contribution in [0.1, 0.15) is 26.7 Å². The van der Waals surface area contributed by atoms with Crippen molar-refractivity contribution in [3.8, 4) is 0 Å². The van der Waals surface area contributed by atoms with E-state index in [1.54, 1.807) is 0 Å². The molecule has 0 bridgehead atoms. The van der Waals surface area contributed by atoms with Gasteiger partial charge in [-0.25, -0.2) is 0 Å². The van der Waals surface area contributed by atoms with E-state index in [9.17, 15) is 5.11 Å². The zero-order chi connectivity index (χ0) is 7.56. The maximum Gasteiger partial charge on any atom is 0.0826 e. The number of hydrogen-bond acceptors (Lipinski definition) is 2. The van der Waals surface area contributed by atoms with Crippen molar-refractivity contribution < 1.29 is 9.84 Å². The zero-order valence-electron chi connectivity index (χ0n) is 6.71. The highest BCUT2D eigenvalue weighted by Crippen LogP contribution is 2.25. The van der Waals surface area contributed by atoms with E-state index >= 15 is 0 Å². The summed E-state index contributed by atoms with van der Waals surface area (Å²) >= 11 is 0. The van der Waals surface area contributed by atoms with Crippen LogP contribution < -0.4 is 0 Å². The molecule has 1 rings (SSSR count). The molecule has 0 aromatic rings. The lowest BCUT2D eigenvalue weighted by Crippen LogP contribution is -2.21. The predicted molar refractivity (Wildman–Crippen MR) is 39.8 cm³/mol. The van der Waals surface area contributed by atoms with Crippen molar-refractivity contribution in [3.05, 3.63) is 0 Å². The SMILES string of the molecule is CCC[C@@H]1[C@H](C)OC[C@@H]1O. The first-order valence-corrected chi connectivity index (χ1v) is 4.05. The predicted octanol–water partition coefficient (Wildman–Crippen LogP) is 1.18. The van der Waals surface area contributed by atoms with Crippen LogP contribution in [0, 0.1) is 5.92 Å². The number of aliphatic hydroxyl groups is 1. The second-order valence-corrected chi connectivity index (χ2v) is 3.06. The second-order valence-electron chi connectivity index (χ2n) is 3.06. The molecule has 2 heteroatoms. The summed E-state index contributed by atoms with van der Waals surface area (Å²) in [6.45, 7) is 4.71. The van der Waals surface area contributed by atoms with Crippen LogP contribution in [0.2, 0.25) is 0 Å². The lowest BCUT2D eigenvalue weighted by molar-refractivity contribution is 0.0961. The van der Waals surface area contributed by atoms with Gasteiger partial charge in [0.1, 0.15) is 0 Å². The van der Waals surface area contributed by atoms with E-state index in [0.29, 0.717) is 12.5 Å². The fourth-order valence-corrected chi connectivity index (χ4v) is 1.57. The minimum atomic E-state index is -0.213. The second kappa shape index (κ2) is 3.35. The first-order chi connectivity index (χ1) is 4.75. The molecule has 1 aliphatic rings. The standard InChI is InChI=1S/C8H16O2/c1-3-4-7-6(2)10-5-8(7)9/h6-9H,3-5H2,1-2H3/t6-,7+,8-/m0/s1. The van der Waals surface area contributed by atoms with Gasteiger partial charge < -0.3 is 9.84 Å². The van der Waals surface area contributed by atoms with Gasteiger partial charge in [-0.15, -0.1) is 0 Å². The Morgan fingerprint density at radius 1 is 1.60 bits per heavy atom. The summed E-state index contributed by atoms with van der Waals surface area (Å²) < 4.78 is 5.28. The molecule has 3 atom stereocenters.